The Hall–Kier alpha value is -4.58. The van der Waals surface area contributed by atoms with Gasteiger partial charge in [0.2, 0.25) is 5.91 Å². The van der Waals surface area contributed by atoms with Crippen molar-refractivity contribution in [1.29, 1.82) is 0 Å². The lowest BCUT2D eigenvalue weighted by molar-refractivity contribution is -0.274. The lowest BCUT2D eigenvalue weighted by Crippen LogP contribution is -2.24. The maximum absolute atomic E-state index is 14.0. The quantitative estimate of drug-likeness (QED) is 0.161. The first-order chi connectivity index (χ1) is 21.2. The molecule has 12 heteroatoms. The highest BCUT2D eigenvalue weighted by molar-refractivity contribution is 7.07. The van der Waals surface area contributed by atoms with Crippen molar-refractivity contribution in [3.05, 3.63) is 106 Å². The number of aromatic nitrogens is 4. The van der Waals surface area contributed by atoms with Crippen LogP contribution in [0.5, 0.6) is 5.75 Å². The summed E-state index contributed by atoms with van der Waals surface area (Å²) in [5, 5.41) is 6.38. The third-order valence-electron chi connectivity index (χ3n) is 7.30. The van der Waals surface area contributed by atoms with E-state index in [1.54, 1.807) is 6.07 Å². The molecule has 0 spiro atoms. The second-order valence-corrected chi connectivity index (χ2v) is 12.4. The molecule has 3 aromatic carbocycles. The molecule has 45 heavy (non-hydrogen) atoms. The summed E-state index contributed by atoms with van der Waals surface area (Å²) in [5.41, 5.74) is 4.17. The first kappa shape index (κ1) is 31.8. The Morgan fingerprint density at radius 1 is 1.02 bits per heavy atom. The molecule has 0 bridgehead atoms. The highest BCUT2D eigenvalue weighted by Gasteiger charge is 2.31. The van der Waals surface area contributed by atoms with Crippen molar-refractivity contribution in [2.45, 2.75) is 58.7 Å². The van der Waals surface area contributed by atoms with Crippen LogP contribution in [0.15, 0.2) is 83.4 Å². The molecule has 0 aliphatic rings. The summed E-state index contributed by atoms with van der Waals surface area (Å²) in [6.07, 6.45) is -3.13. The molecular formula is C33H31F4N5O2S. The molecule has 2 heterocycles. The van der Waals surface area contributed by atoms with Gasteiger partial charge in [-0.25, -0.2) is 14.1 Å². The van der Waals surface area contributed by atoms with Gasteiger partial charge in [-0.15, -0.1) is 29.6 Å². The summed E-state index contributed by atoms with van der Waals surface area (Å²) in [7, 11) is 0. The van der Waals surface area contributed by atoms with Crippen molar-refractivity contribution in [3.8, 4) is 28.5 Å². The number of carbonyl (C=O) groups is 1. The van der Waals surface area contributed by atoms with E-state index in [9.17, 15) is 22.4 Å². The number of amides is 1. The van der Waals surface area contributed by atoms with E-state index < -0.39 is 11.8 Å². The smallest absolute Gasteiger partial charge is 0.406 e. The van der Waals surface area contributed by atoms with Crippen LogP contribution in [-0.4, -0.2) is 31.6 Å². The molecule has 0 radical (unpaired) electrons. The predicted molar refractivity (Wildman–Crippen MR) is 164 cm³/mol. The first-order valence-corrected chi connectivity index (χ1v) is 15.0. The highest BCUT2D eigenvalue weighted by Crippen LogP contribution is 2.30. The third-order valence-corrected chi connectivity index (χ3v) is 8.24. The monoisotopic (exact) mass is 637 g/mol. The van der Waals surface area contributed by atoms with Crippen LogP contribution in [0.25, 0.3) is 22.8 Å². The highest BCUT2D eigenvalue weighted by atomic mass is 32.1. The molecule has 0 unspecified atom stereocenters. The molecule has 2 aromatic heterocycles. The van der Waals surface area contributed by atoms with Crippen molar-refractivity contribution in [2.75, 3.05) is 0 Å². The number of nitrogens with zero attached hydrogens (tertiary/aromatic N) is 5. The number of alkyl halides is 3. The van der Waals surface area contributed by atoms with Gasteiger partial charge in [0, 0.05) is 23.1 Å². The van der Waals surface area contributed by atoms with E-state index in [4.69, 9.17) is 0 Å². The van der Waals surface area contributed by atoms with Crippen molar-refractivity contribution < 1.29 is 27.1 Å². The second-order valence-electron chi connectivity index (χ2n) is 11.6. The van der Waals surface area contributed by atoms with Crippen LogP contribution >= 0.6 is 11.3 Å². The minimum atomic E-state index is -4.76. The van der Waals surface area contributed by atoms with E-state index in [0.717, 1.165) is 28.1 Å². The molecule has 234 valence electrons. The topological polar surface area (TPSA) is 74.3 Å². The summed E-state index contributed by atoms with van der Waals surface area (Å²) < 4.78 is 58.6. The predicted octanol–water partition coefficient (Wildman–Crippen LogP) is 8.05. The molecule has 0 fully saturated rings. The second kappa shape index (κ2) is 12.4. The number of hydrogen-bond acceptors (Lipinski definition) is 5. The number of thiazole rings is 1. The van der Waals surface area contributed by atoms with Gasteiger partial charge in [0.15, 0.2) is 10.6 Å². The van der Waals surface area contributed by atoms with Crippen LogP contribution in [0.2, 0.25) is 0 Å². The van der Waals surface area contributed by atoms with Crippen LogP contribution in [0.4, 0.5) is 17.6 Å². The largest absolute Gasteiger partial charge is 0.573 e. The number of carbonyl (C=O) groups excluding carboxylic acids is 1. The Morgan fingerprint density at radius 2 is 1.71 bits per heavy atom. The van der Waals surface area contributed by atoms with E-state index >= 15 is 0 Å². The fourth-order valence-electron chi connectivity index (χ4n) is 4.97. The maximum Gasteiger partial charge on any atom is 0.573 e. The fraction of sp³-hybridized carbons (Fsp3) is 0.273. The standard InChI is InChI=1S/C33H31F4N5O2S/c1-20(2)27-16-24(34)10-15-28(27)42-21(3)18-45-31(42)39-29(43)17-32(4,5)23-8-6-22(7-9-23)30-38-19-41(40-30)25-11-13-26(14-12-25)44-33(35,36)37/h6-16,18-20H,17H2,1-5H3. The van der Waals surface area contributed by atoms with Gasteiger partial charge in [0.25, 0.3) is 0 Å². The number of rotatable bonds is 8. The molecule has 0 aliphatic heterocycles. The van der Waals surface area contributed by atoms with Crippen LogP contribution in [0.1, 0.15) is 56.9 Å². The zero-order valence-electron chi connectivity index (χ0n) is 25.3. The van der Waals surface area contributed by atoms with Gasteiger partial charge in [-0.3, -0.25) is 9.36 Å². The van der Waals surface area contributed by atoms with Gasteiger partial charge in [0.05, 0.1) is 11.4 Å². The van der Waals surface area contributed by atoms with E-state index in [0.29, 0.717) is 16.3 Å². The molecule has 0 saturated carbocycles. The number of hydrogen-bond donors (Lipinski definition) is 0. The van der Waals surface area contributed by atoms with Crippen LogP contribution in [0.3, 0.4) is 0 Å². The van der Waals surface area contributed by atoms with Crippen LogP contribution in [0, 0.1) is 12.7 Å². The fourth-order valence-corrected chi connectivity index (χ4v) is 5.86. The SMILES string of the molecule is Cc1csc(=NC(=O)CC(C)(C)c2ccc(-c3ncn(-c4ccc(OC(F)(F)F)cc4)n3)cc2)n1-c1ccc(F)cc1C(C)C. The van der Waals surface area contributed by atoms with Gasteiger partial charge in [-0.05, 0) is 71.8 Å². The minimum absolute atomic E-state index is 0.0743. The molecule has 5 rings (SSSR count). The summed E-state index contributed by atoms with van der Waals surface area (Å²) in [4.78, 5) is 22.6. The van der Waals surface area contributed by atoms with Gasteiger partial charge in [-0.1, -0.05) is 52.0 Å². The molecule has 0 atom stereocenters. The van der Waals surface area contributed by atoms with Crippen LogP contribution in [-0.2, 0) is 10.2 Å². The summed E-state index contributed by atoms with van der Waals surface area (Å²) in [5.74, 6) is -0.408. The van der Waals surface area contributed by atoms with E-state index in [-0.39, 0.29) is 29.8 Å². The van der Waals surface area contributed by atoms with Crippen molar-refractivity contribution in [3.63, 3.8) is 0 Å². The lowest BCUT2D eigenvalue weighted by atomic mass is 9.81. The Bertz CT molecular complexity index is 1890. The Kier molecular flexibility index (Phi) is 8.79. The zero-order valence-corrected chi connectivity index (χ0v) is 26.1. The molecule has 7 nitrogen and oxygen atoms in total. The molecule has 0 aliphatic carbocycles. The number of aryl methyl sites for hydroxylation is 1. The third kappa shape index (κ3) is 7.39. The number of benzene rings is 3. The van der Waals surface area contributed by atoms with Gasteiger partial charge in [-0.2, -0.15) is 4.99 Å². The lowest BCUT2D eigenvalue weighted by Gasteiger charge is -2.23. The van der Waals surface area contributed by atoms with E-state index in [1.807, 2.05) is 68.8 Å². The zero-order chi connectivity index (χ0) is 32.5. The Labute approximate surface area is 261 Å². The minimum Gasteiger partial charge on any atom is -0.406 e. The average Bonchev–Trinajstić information content (AvgIpc) is 3.59. The van der Waals surface area contributed by atoms with Gasteiger partial charge in [0.1, 0.15) is 17.9 Å². The normalized spacial score (nSPS) is 12.6. The maximum atomic E-state index is 14.0. The Morgan fingerprint density at radius 3 is 2.36 bits per heavy atom. The summed E-state index contributed by atoms with van der Waals surface area (Å²) >= 11 is 1.36. The summed E-state index contributed by atoms with van der Waals surface area (Å²) in [6, 6.07) is 17.5. The molecular weight excluding hydrogens is 606 g/mol. The van der Waals surface area contributed by atoms with Crippen molar-refractivity contribution >= 4 is 17.2 Å². The van der Waals surface area contributed by atoms with E-state index in [1.165, 1.54) is 58.7 Å². The Balaban J connectivity index is 1.32. The van der Waals surface area contributed by atoms with Crippen molar-refractivity contribution in [1.82, 2.24) is 19.3 Å². The van der Waals surface area contributed by atoms with E-state index in [2.05, 4.69) is 19.8 Å². The average molecular weight is 638 g/mol. The van der Waals surface area contributed by atoms with Crippen LogP contribution < -0.4 is 9.54 Å². The summed E-state index contributed by atoms with van der Waals surface area (Å²) in [6.45, 7) is 9.87. The van der Waals surface area contributed by atoms with Gasteiger partial charge < -0.3 is 4.74 Å². The number of ether oxygens (including phenoxy) is 1. The van der Waals surface area contributed by atoms with Crippen molar-refractivity contribution in [2.24, 2.45) is 4.99 Å². The molecule has 0 saturated heterocycles. The number of halogens is 4. The first-order valence-electron chi connectivity index (χ1n) is 14.1. The molecule has 1 amide bonds. The molecule has 5 aromatic rings. The van der Waals surface area contributed by atoms with Gasteiger partial charge >= 0.3 is 6.36 Å². The molecule has 0 N–H and O–H groups in total.